The summed E-state index contributed by atoms with van der Waals surface area (Å²) in [4.78, 5) is 39.1. The molecule has 0 bridgehead atoms. The van der Waals surface area contributed by atoms with Gasteiger partial charge in [0.25, 0.3) is 0 Å². The minimum absolute atomic E-state index is 0.0136. The zero-order valence-corrected chi connectivity index (χ0v) is 24.9. The van der Waals surface area contributed by atoms with Crippen molar-refractivity contribution in [2.75, 3.05) is 36.4 Å². The van der Waals surface area contributed by atoms with E-state index in [0.29, 0.717) is 36.3 Å². The number of nitrogens with two attached hydrogens (primary N) is 2. The molecule has 2 amide bonds. The largest absolute Gasteiger partial charge is 0.495 e. The summed E-state index contributed by atoms with van der Waals surface area (Å²) in [5.41, 5.74) is 12.9. The summed E-state index contributed by atoms with van der Waals surface area (Å²) in [7, 11) is 1.34. The average Bonchev–Trinajstić information content (AvgIpc) is 3.66. The van der Waals surface area contributed by atoms with Crippen LogP contribution >= 0.6 is 0 Å². The van der Waals surface area contributed by atoms with Gasteiger partial charge in [-0.15, -0.1) is 5.06 Å². The van der Waals surface area contributed by atoms with Gasteiger partial charge in [0.1, 0.15) is 16.8 Å². The lowest BCUT2D eigenvalue weighted by atomic mass is 10.1. The highest BCUT2D eigenvalue weighted by Gasteiger charge is 2.44. The van der Waals surface area contributed by atoms with Crippen molar-refractivity contribution in [1.82, 2.24) is 24.8 Å². The lowest BCUT2D eigenvalue weighted by Gasteiger charge is -2.23. The molecule has 0 aliphatic carbocycles. The molecule has 47 heavy (non-hydrogen) atoms. The van der Waals surface area contributed by atoms with Crippen LogP contribution in [0.5, 0.6) is 11.5 Å². The number of carbonyl (C=O) groups excluding carboxylic acids is 2. The number of methoxy groups -OCH3 is 1. The predicted octanol–water partition coefficient (Wildman–Crippen LogP) is 4.55. The van der Waals surface area contributed by atoms with E-state index in [2.05, 4.69) is 25.5 Å². The number of benzene rings is 2. The molecule has 0 saturated carbocycles. The molecule has 0 atom stereocenters. The van der Waals surface area contributed by atoms with Gasteiger partial charge in [-0.25, -0.2) is 24.2 Å². The maximum Gasteiger partial charge on any atom is 0.493 e. The molecule has 0 radical (unpaired) electrons. The summed E-state index contributed by atoms with van der Waals surface area (Å²) in [6.07, 6.45) is -3.39. The van der Waals surface area contributed by atoms with E-state index < -0.39 is 18.2 Å². The average molecular weight is 656 g/mol. The number of nitrogens with zero attached hydrogens (tertiary/aromatic N) is 6. The van der Waals surface area contributed by atoms with Crippen LogP contribution in [-0.2, 0) is 16.2 Å². The normalized spacial score (nSPS) is 11.4. The SMILES string of the molecule is CCn1c(-c2nonc2N)nc2c(-c3cccc(N(OC(=O)C(F)(F)F)C(=O)Nc4ccccc4OC)c3)ncc(OCCCN)c21. The van der Waals surface area contributed by atoms with Crippen molar-refractivity contribution in [3.05, 3.63) is 54.7 Å². The number of ether oxygens (including phenoxy) is 2. The van der Waals surface area contributed by atoms with Crippen LogP contribution < -0.4 is 31.3 Å². The molecule has 0 aliphatic heterocycles. The number of carbonyl (C=O) groups is 2. The molecule has 3 aromatic heterocycles. The molecule has 5 rings (SSSR count). The van der Waals surface area contributed by atoms with Crippen molar-refractivity contribution >= 4 is 40.2 Å². The first-order valence-electron chi connectivity index (χ1n) is 14.0. The van der Waals surface area contributed by atoms with Crippen molar-refractivity contribution in [1.29, 1.82) is 0 Å². The van der Waals surface area contributed by atoms with Crippen LogP contribution in [0.1, 0.15) is 13.3 Å². The van der Waals surface area contributed by atoms with Gasteiger partial charge in [-0.2, -0.15) is 13.2 Å². The second-order valence-electron chi connectivity index (χ2n) is 9.69. The molecule has 3 heterocycles. The number of hydrogen-bond acceptors (Lipinski definition) is 12. The molecule has 18 heteroatoms. The number of urea groups is 1. The fraction of sp³-hybridized carbons (Fsp3) is 0.241. The third-order valence-corrected chi connectivity index (χ3v) is 6.68. The number of fused-ring (bicyclic) bond motifs is 1. The Morgan fingerprint density at radius 1 is 1.09 bits per heavy atom. The molecule has 246 valence electrons. The fourth-order valence-corrected chi connectivity index (χ4v) is 4.57. The number of para-hydroxylation sites is 2. The molecule has 5 N–H and O–H groups in total. The van der Waals surface area contributed by atoms with Gasteiger partial charge in [0, 0.05) is 12.1 Å². The van der Waals surface area contributed by atoms with Crippen LogP contribution in [0.15, 0.2) is 59.4 Å². The summed E-state index contributed by atoms with van der Waals surface area (Å²) in [5.74, 6) is -1.78. The highest BCUT2D eigenvalue weighted by Crippen LogP contribution is 2.38. The van der Waals surface area contributed by atoms with E-state index in [4.69, 9.17) is 30.6 Å². The fourth-order valence-electron chi connectivity index (χ4n) is 4.57. The third-order valence-electron chi connectivity index (χ3n) is 6.68. The van der Waals surface area contributed by atoms with Gasteiger partial charge in [0.15, 0.2) is 23.1 Å². The van der Waals surface area contributed by atoms with Crippen molar-refractivity contribution in [3.63, 3.8) is 0 Å². The van der Waals surface area contributed by atoms with E-state index in [1.165, 1.54) is 43.6 Å². The zero-order valence-electron chi connectivity index (χ0n) is 24.9. The topological polar surface area (TPSA) is 199 Å². The van der Waals surface area contributed by atoms with Crippen LogP contribution in [-0.4, -0.2) is 63.3 Å². The maximum absolute atomic E-state index is 13.3. The summed E-state index contributed by atoms with van der Waals surface area (Å²) in [6, 6.07) is 10.5. The molecular weight excluding hydrogens is 627 g/mol. The number of amides is 2. The number of aromatic nitrogens is 5. The first kappa shape index (κ1) is 32.5. The lowest BCUT2D eigenvalue weighted by Crippen LogP contribution is -2.41. The Bertz CT molecular complexity index is 1910. The smallest absolute Gasteiger partial charge is 0.493 e. The summed E-state index contributed by atoms with van der Waals surface area (Å²) < 4.78 is 57.6. The van der Waals surface area contributed by atoms with Crippen molar-refractivity contribution in [2.24, 2.45) is 5.73 Å². The number of rotatable bonds is 10. The van der Waals surface area contributed by atoms with Gasteiger partial charge in [-0.05, 0) is 54.5 Å². The van der Waals surface area contributed by atoms with Crippen LogP contribution in [0.25, 0.3) is 33.8 Å². The molecule has 0 spiro atoms. The molecule has 15 nitrogen and oxygen atoms in total. The Morgan fingerprint density at radius 2 is 1.87 bits per heavy atom. The standard InChI is InChI=1S/C29H28F3N9O6/c1-3-40-24-20(45-13-7-12-33)15-35-21(22(24)37-26(40)23-25(34)39-47-38-23)16-8-6-9-17(14-16)41(46-27(42)29(30,31)32)28(43)36-18-10-4-5-11-19(18)44-2/h4-6,8-11,14-15H,3,7,12-13,33H2,1-2H3,(H2,34,39)(H,36,43). The monoisotopic (exact) mass is 655 g/mol. The molecule has 0 aliphatic rings. The van der Waals surface area contributed by atoms with E-state index in [1.54, 1.807) is 22.8 Å². The lowest BCUT2D eigenvalue weighted by molar-refractivity contribution is -0.199. The van der Waals surface area contributed by atoms with Crippen LogP contribution in [0.2, 0.25) is 0 Å². The minimum Gasteiger partial charge on any atom is -0.495 e. The molecule has 0 fully saturated rings. The number of halogens is 3. The van der Waals surface area contributed by atoms with E-state index >= 15 is 0 Å². The summed E-state index contributed by atoms with van der Waals surface area (Å²) in [6.45, 7) is 2.90. The number of nitrogens with one attached hydrogen (secondary N) is 1. The van der Waals surface area contributed by atoms with Gasteiger partial charge in [0.2, 0.25) is 0 Å². The molecule has 2 aromatic carbocycles. The number of hydrogen-bond donors (Lipinski definition) is 3. The number of aryl methyl sites for hydroxylation is 1. The maximum atomic E-state index is 13.3. The van der Waals surface area contributed by atoms with Crippen LogP contribution in [0, 0.1) is 0 Å². The minimum atomic E-state index is -5.41. The van der Waals surface area contributed by atoms with Gasteiger partial charge in [-0.3, -0.25) is 0 Å². The van der Waals surface area contributed by atoms with Crippen LogP contribution in [0.3, 0.4) is 0 Å². The Morgan fingerprint density at radius 3 is 2.55 bits per heavy atom. The van der Waals surface area contributed by atoms with Crippen molar-refractivity contribution in [2.45, 2.75) is 26.1 Å². The number of nitrogen functional groups attached to an aromatic ring is 1. The quantitative estimate of drug-likeness (QED) is 0.140. The van der Waals surface area contributed by atoms with Gasteiger partial charge in [0.05, 0.1) is 37.0 Å². The van der Waals surface area contributed by atoms with Crippen molar-refractivity contribution in [3.8, 4) is 34.3 Å². The highest BCUT2D eigenvalue weighted by molar-refractivity contribution is 6.03. The number of imidazole rings is 1. The molecule has 0 saturated heterocycles. The van der Waals surface area contributed by atoms with E-state index in [9.17, 15) is 22.8 Å². The second kappa shape index (κ2) is 13.6. The number of anilines is 3. The second-order valence-corrected chi connectivity index (χ2v) is 9.69. The van der Waals surface area contributed by atoms with Gasteiger partial charge in [-0.1, -0.05) is 24.3 Å². The highest BCUT2D eigenvalue weighted by atomic mass is 19.4. The van der Waals surface area contributed by atoms with Gasteiger partial charge >= 0.3 is 18.2 Å². The predicted molar refractivity (Wildman–Crippen MR) is 162 cm³/mol. The summed E-state index contributed by atoms with van der Waals surface area (Å²) >= 11 is 0. The Kier molecular flexibility index (Phi) is 9.41. The number of hydroxylamine groups is 1. The van der Waals surface area contributed by atoms with E-state index in [1.807, 2.05) is 6.92 Å². The summed E-state index contributed by atoms with van der Waals surface area (Å²) in [5, 5.41) is 10.1. The Labute approximate surface area is 264 Å². The first-order valence-corrected chi connectivity index (χ1v) is 14.0. The number of alkyl halides is 3. The molecule has 5 aromatic rings. The van der Waals surface area contributed by atoms with Gasteiger partial charge < -0.3 is 35.7 Å². The van der Waals surface area contributed by atoms with E-state index in [0.717, 1.165) is 0 Å². The van der Waals surface area contributed by atoms with E-state index in [-0.39, 0.29) is 57.4 Å². The molecular formula is C29H28F3N9O6. The Balaban J connectivity index is 1.63. The zero-order chi connectivity index (χ0) is 33.7. The number of pyridine rings is 1. The Hall–Kier alpha value is -5.91. The first-order chi connectivity index (χ1) is 22.6. The van der Waals surface area contributed by atoms with Crippen molar-refractivity contribution < 1.29 is 41.7 Å². The van der Waals surface area contributed by atoms with Crippen LogP contribution in [0.4, 0.5) is 35.2 Å². The third kappa shape index (κ3) is 6.71. The molecule has 0 unspecified atom stereocenters.